The molecule has 4 saturated carbocycles. The highest BCUT2D eigenvalue weighted by molar-refractivity contribution is 5.85. The van der Waals surface area contributed by atoms with Gasteiger partial charge in [-0.05, 0) is 70.1 Å². The molecule has 5 N–H and O–H groups in total. The van der Waals surface area contributed by atoms with Crippen molar-refractivity contribution in [2.24, 2.45) is 23.5 Å². The zero-order valence-corrected chi connectivity index (χ0v) is 16.2. The molecule has 144 valence electrons. The van der Waals surface area contributed by atoms with Crippen molar-refractivity contribution in [2.75, 3.05) is 13.1 Å². The number of rotatable bonds is 6. The molecule has 6 nitrogen and oxygen atoms in total. The van der Waals surface area contributed by atoms with E-state index in [-0.39, 0.29) is 36.3 Å². The highest BCUT2D eigenvalue weighted by Crippen LogP contribution is 2.55. The maximum Gasteiger partial charge on any atom is 0.315 e. The summed E-state index contributed by atoms with van der Waals surface area (Å²) in [5.74, 6) is 2.34. The number of amides is 3. The zero-order chi connectivity index (χ0) is 17.4. The van der Waals surface area contributed by atoms with Crippen LogP contribution in [0.15, 0.2) is 0 Å². The molecule has 4 rings (SSSR count). The lowest BCUT2D eigenvalue weighted by Gasteiger charge is -2.56. The SMILES string of the molecule is CC(C)(N)CNC(=O)CCNC(=O)NC12CC3CC(CC(C3)C1)C2.Cl. The van der Waals surface area contributed by atoms with Crippen molar-refractivity contribution in [1.82, 2.24) is 16.0 Å². The predicted octanol–water partition coefficient (Wildman–Crippen LogP) is 1.92. The van der Waals surface area contributed by atoms with E-state index >= 15 is 0 Å². The molecule has 4 fully saturated rings. The van der Waals surface area contributed by atoms with E-state index in [2.05, 4.69) is 16.0 Å². The Labute approximate surface area is 156 Å². The van der Waals surface area contributed by atoms with E-state index in [0.29, 0.717) is 13.1 Å². The third-order valence-electron chi connectivity index (χ3n) is 5.80. The van der Waals surface area contributed by atoms with Crippen molar-refractivity contribution >= 4 is 24.3 Å². The van der Waals surface area contributed by atoms with E-state index < -0.39 is 5.54 Å². The number of nitrogens with two attached hydrogens (primary N) is 1. The third kappa shape index (κ3) is 5.48. The molecule has 3 amide bonds. The molecule has 25 heavy (non-hydrogen) atoms. The van der Waals surface area contributed by atoms with Gasteiger partial charge in [0, 0.05) is 30.6 Å². The number of urea groups is 1. The summed E-state index contributed by atoms with van der Waals surface area (Å²) in [7, 11) is 0. The Morgan fingerprint density at radius 1 is 1.04 bits per heavy atom. The van der Waals surface area contributed by atoms with Crippen LogP contribution in [-0.4, -0.2) is 36.1 Å². The Morgan fingerprint density at radius 2 is 1.56 bits per heavy atom. The monoisotopic (exact) mass is 372 g/mol. The van der Waals surface area contributed by atoms with Gasteiger partial charge in [-0.1, -0.05) is 0 Å². The molecule has 0 aromatic carbocycles. The first-order chi connectivity index (χ1) is 11.2. The van der Waals surface area contributed by atoms with Crippen LogP contribution in [0.4, 0.5) is 4.79 Å². The minimum Gasteiger partial charge on any atom is -0.354 e. The van der Waals surface area contributed by atoms with Crippen molar-refractivity contribution in [3.63, 3.8) is 0 Å². The predicted molar refractivity (Wildman–Crippen MR) is 101 cm³/mol. The molecule has 0 unspecified atom stereocenters. The molecular formula is C18H33ClN4O2. The van der Waals surface area contributed by atoms with E-state index in [9.17, 15) is 9.59 Å². The summed E-state index contributed by atoms with van der Waals surface area (Å²) in [6.45, 7) is 4.52. The summed E-state index contributed by atoms with van der Waals surface area (Å²) in [6, 6.07) is -0.121. The summed E-state index contributed by atoms with van der Waals surface area (Å²) >= 11 is 0. The Balaban J connectivity index is 0.00000225. The maximum atomic E-state index is 12.3. The van der Waals surface area contributed by atoms with Gasteiger partial charge in [-0.2, -0.15) is 0 Å². The van der Waals surface area contributed by atoms with Crippen LogP contribution in [0.3, 0.4) is 0 Å². The lowest BCUT2D eigenvalue weighted by molar-refractivity contribution is -0.121. The molecule has 7 heteroatoms. The number of carbonyl (C=O) groups excluding carboxylic acids is 2. The molecule has 0 radical (unpaired) electrons. The van der Waals surface area contributed by atoms with Gasteiger partial charge < -0.3 is 21.7 Å². The van der Waals surface area contributed by atoms with Crippen molar-refractivity contribution in [3.8, 4) is 0 Å². The Hall–Kier alpha value is -1.01. The zero-order valence-electron chi connectivity index (χ0n) is 15.4. The molecule has 0 spiro atoms. The highest BCUT2D eigenvalue weighted by Gasteiger charge is 2.51. The van der Waals surface area contributed by atoms with Crippen LogP contribution in [0.2, 0.25) is 0 Å². The number of halogens is 1. The van der Waals surface area contributed by atoms with E-state index in [1.165, 1.54) is 19.3 Å². The van der Waals surface area contributed by atoms with Crippen LogP contribution in [0, 0.1) is 17.8 Å². The average molecular weight is 373 g/mol. The number of hydrogen-bond donors (Lipinski definition) is 4. The van der Waals surface area contributed by atoms with Gasteiger partial charge in [0.25, 0.3) is 0 Å². The maximum absolute atomic E-state index is 12.3. The normalized spacial score (nSPS) is 32.7. The van der Waals surface area contributed by atoms with Gasteiger partial charge in [0.15, 0.2) is 0 Å². The quantitative estimate of drug-likeness (QED) is 0.573. The molecule has 0 heterocycles. The first-order valence-electron chi connectivity index (χ1n) is 9.35. The minimum absolute atomic E-state index is 0. The summed E-state index contributed by atoms with van der Waals surface area (Å²) in [4.78, 5) is 24.0. The van der Waals surface area contributed by atoms with Crippen molar-refractivity contribution in [3.05, 3.63) is 0 Å². The molecule has 4 bridgehead atoms. The second-order valence-corrected chi connectivity index (χ2v) is 9.09. The molecule has 0 aliphatic heterocycles. The summed E-state index contributed by atoms with van der Waals surface area (Å²) in [5.41, 5.74) is 5.43. The first kappa shape index (κ1) is 20.3. The molecule has 0 atom stereocenters. The van der Waals surface area contributed by atoms with E-state index in [1.807, 2.05) is 13.8 Å². The topological polar surface area (TPSA) is 96.2 Å². The van der Waals surface area contributed by atoms with Crippen LogP contribution >= 0.6 is 12.4 Å². The molecule has 0 aromatic heterocycles. The van der Waals surface area contributed by atoms with Gasteiger partial charge in [0.1, 0.15) is 0 Å². The first-order valence-corrected chi connectivity index (χ1v) is 9.35. The molecule has 0 saturated heterocycles. The van der Waals surface area contributed by atoms with E-state index in [1.54, 1.807) is 0 Å². The Kier molecular flexibility index (Phi) is 6.26. The lowest BCUT2D eigenvalue weighted by atomic mass is 9.53. The van der Waals surface area contributed by atoms with Gasteiger partial charge in [-0.3, -0.25) is 4.79 Å². The number of carbonyl (C=O) groups is 2. The largest absolute Gasteiger partial charge is 0.354 e. The summed E-state index contributed by atoms with van der Waals surface area (Å²) in [5, 5.41) is 8.88. The van der Waals surface area contributed by atoms with E-state index in [4.69, 9.17) is 5.73 Å². The van der Waals surface area contributed by atoms with Crippen molar-refractivity contribution in [2.45, 2.75) is 69.9 Å². The van der Waals surface area contributed by atoms with Gasteiger partial charge in [0.05, 0.1) is 0 Å². The average Bonchev–Trinajstić information content (AvgIpc) is 2.42. The summed E-state index contributed by atoms with van der Waals surface area (Å²) < 4.78 is 0. The number of nitrogens with one attached hydrogen (secondary N) is 3. The third-order valence-corrected chi connectivity index (χ3v) is 5.80. The molecule has 4 aliphatic rings. The van der Waals surface area contributed by atoms with Crippen LogP contribution < -0.4 is 21.7 Å². The van der Waals surface area contributed by atoms with Gasteiger partial charge in [-0.15, -0.1) is 12.4 Å². The fourth-order valence-corrected chi connectivity index (χ4v) is 5.25. The van der Waals surface area contributed by atoms with Crippen LogP contribution in [0.25, 0.3) is 0 Å². The van der Waals surface area contributed by atoms with Crippen LogP contribution in [0.1, 0.15) is 58.8 Å². The Morgan fingerprint density at radius 3 is 2.04 bits per heavy atom. The second kappa shape index (κ2) is 7.70. The van der Waals surface area contributed by atoms with Gasteiger partial charge in [-0.25, -0.2) is 4.79 Å². The standard InChI is InChI=1S/C18H32N4O2.ClH/c1-17(2,19)11-21-15(23)3-4-20-16(24)22-18-8-12-5-13(9-18)7-14(6-12)10-18;/h12-14H,3-11,19H2,1-2H3,(H,21,23)(H2,20,22,24);1H. The van der Waals surface area contributed by atoms with Gasteiger partial charge >= 0.3 is 6.03 Å². The minimum atomic E-state index is -0.418. The van der Waals surface area contributed by atoms with E-state index in [0.717, 1.165) is 37.0 Å². The van der Waals surface area contributed by atoms with Crippen LogP contribution in [-0.2, 0) is 4.79 Å². The van der Waals surface area contributed by atoms with Crippen LogP contribution in [0.5, 0.6) is 0 Å². The summed E-state index contributed by atoms with van der Waals surface area (Å²) in [6.07, 6.45) is 7.78. The number of hydrogen-bond acceptors (Lipinski definition) is 3. The smallest absolute Gasteiger partial charge is 0.315 e. The Bertz CT molecular complexity index is 469. The molecule has 0 aromatic rings. The fourth-order valence-electron chi connectivity index (χ4n) is 5.25. The highest BCUT2D eigenvalue weighted by atomic mass is 35.5. The second-order valence-electron chi connectivity index (χ2n) is 9.09. The molecular weight excluding hydrogens is 340 g/mol. The van der Waals surface area contributed by atoms with Gasteiger partial charge in [0.2, 0.25) is 5.91 Å². The van der Waals surface area contributed by atoms with Crippen molar-refractivity contribution in [1.29, 1.82) is 0 Å². The van der Waals surface area contributed by atoms with Crippen molar-refractivity contribution < 1.29 is 9.59 Å². The molecule has 4 aliphatic carbocycles. The lowest BCUT2D eigenvalue weighted by Crippen LogP contribution is -2.61. The fraction of sp³-hybridized carbons (Fsp3) is 0.889.